The molecule has 18 heavy (non-hydrogen) atoms. The predicted octanol–water partition coefficient (Wildman–Crippen LogP) is 2.35. The molecule has 98 valence electrons. The minimum absolute atomic E-state index is 0.00858. The van der Waals surface area contributed by atoms with Crippen LogP contribution in [0, 0.1) is 5.41 Å². The van der Waals surface area contributed by atoms with Crippen molar-refractivity contribution in [2.45, 2.75) is 24.8 Å². The predicted molar refractivity (Wildman–Crippen MR) is 79.2 cm³/mol. The number of hydrogen-bond donors (Lipinski definition) is 3. The highest BCUT2D eigenvalue weighted by atomic mass is 79.9. The van der Waals surface area contributed by atoms with Gasteiger partial charge in [-0.05, 0) is 32.0 Å². The van der Waals surface area contributed by atoms with Gasteiger partial charge in [0.1, 0.15) is 5.84 Å². The lowest BCUT2D eigenvalue weighted by atomic mass is 10.2. The van der Waals surface area contributed by atoms with Gasteiger partial charge in [0.05, 0.1) is 5.75 Å². The molecule has 6 heteroatoms. The summed E-state index contributed by atoms with van der Waals surface area (Å²) in [6.07, 6.45) is 0. The summed E-state index contributed by atoms with van der Waals surface area (Å²) in [5.41, 5.74) is 6.16. The Labute approximate surface area is 119 Å². The summed E-state index contributed by atoms with van der Waals surface area (Å²) in [6.45, 7) is 3.84. The molecule has 0 saturated carbocycles. The molecule has 0 saturated heterocycles. The first kappa shape index (κ1) is 15.0. The van der Waals surface area contributed by atoms with Crippen LogP contribution in [0.1, 0.15) is 19.4 Å². The monoisotopic (exact) mass is 329 g/mol. The Bertz CT molecular complexity index is 463. The fraction of sp³-hybridized carbons (Fsp3) is 0.333. The van der Waals surface area contributed by atoms with Crippen molar-refractivity contribution in [3.05, 3.63) is 28.2 Å². The number of nitrogens with two attached hydrogens (primary N) is 1. The van der Waals surface area contributed by atoms with E-state index in [-0.39, 0.29) is 17.8 Å². The standard InChI is InChI=1S/C12H16BrN3OS/c1-7(2)16-11(17)6-18-10-5-8(13)3-4-9(10)12(14)15/h3-5,7H,6H2,1-2H3,(H3,14,15)(H,16,17). The van der Waals surface area contributed by atoms with Gasteiger partial charge in [-0.15, -0.1) is 11.8 Å². The summed E-state index contributed by atoms with van der Waals surface area (Å²) in [7, 11) is 0. The van der Waals surface area contributed by atoms with Gasteiger partial charge < -0.3 is 11.1 Å². The molecule has 0 atom stereocenters. The Morgan fingerprint density at radius 1 is 1.56 bits per heavy atom. The van der Waals surface area contributed by atoms with E-state index < -0.39 is 0 Å². The molecule has 0 aliphatic rings. The third kappa shape index (κ3) is 4.70. The van der Waals surface area contributed by atoms with Crippen LogP contribution in [-0.2, 0) is 4.79 Å². The van der Waals surface area contributed by atoms with Gasteiger partial charge in [0.15, 0.2) is 0 Å². The number of carbonyl (C=O) groups excluding carboxylic acids is 1. The largest absolute Gasteiger partial charge is 0.384 e. The third-order valence-corrected chi connectivity index (χ3v) is 3.59. The van der Waals surface area contributed by atoms with Gasteiger partial charge in [0.2, 0.25) is 5.91 Å². The van der Waals surface area contributed by atoms with E-state index in [2.05, 4.69) is 21.2 Å². The van der Waals surface area contributed by atoms with E-state index in [4.69, 9.17) is 11.1 Å². The summed E-state index contributed by atoms with van der Waals surface area (Å²) in [6, 6.07) is 5.60. The molecule has 0 unspecified atom stereocenters. The molecule has 0 fully saturated rings. The molecule has 0 bridgehead atoms. The summed E-state index contributed by atoms with van der Waals surface area (Å²) in [4.78, 5) is 12.4. The van der Waals surface area contributed by atoms with Crippen molar-refractivity contribution < 1.29 is 4.79 Å². The summed E-state index contributed by atoms with van der Waals surface area (Å²) < 4.78 is 0.902. The van der Waals surface area contributed by atoms with E-state index in [1.807, 2.05) is 26.0 Å². The van der Waals surface area contributed by atoms with Crippen molar-refractivity contribution in [1.82, 2.24) is 5.32 Å². The normalized spacial score (nSPS) is 10.4. The van der Waals surface area contributed by atoms with Crippen LogP contribution in [0.15, 0.2) is 27.6 Å². The van der Waals surface area contributed by atoms with E-state index in [9.17, 15) is 4.79 Å². The molecular formula is C12H16BrN3OS. The number of thioether (sulfide) groups is 1. The first-order valence-electron chi connectivity index (χ1n) is 5.46. The van der Waals surface area contributed by atoms with Gasteiger partial charge in [-0.3, -0.25) is 10.2 Å². The first-order valence-corrected chi connectivity index (χ1v) is 7.24. The SMILES string of the molecule is CC(C)NC(=O)CSc1cc(Br)ccc1C(=N)N. The van der Waals surface area contributed by atoms with E-state index in [0.29, 0.717) is 11.3 Å². The van der Waals surface area contributed by atoms with Crippen molar-refractivity contribution in [3.63, 3.8) is 0 Å². The van der Waals surface area contributed by atoms with Crippen molar-refractivity contribution in [1.29, 1.82) is 5.41 Å². The zero-order chi connectivity index (χ0) is 13.7. The lowest BCUT2D eigenvalue weighted by molar-refractivity contribution is -0.119. The van der Waals surface area contributed by atoms with Crippen LogP contribution in [0.5, 0.6) is 0 Å². The number of amidine groups is 1. The van der Waals surface area contributed by atoms with Crippen LogP contribution in [0.4, 0.5) is 0 Å². The van der Waals surface area contributed by atoms with Crippen molar-refractivity contribution in [3.8, 4) is 0 Å². The quantitative estimate of drug-likeness (QED) is 0.440. The number of nitrogen functional groups attached to an aromatic ring is 1. The number of rotatable bonds is 5. The molecule has 0 radical (unpaired) electrons. The maximum atomic E-state index is 11.6. The van der Waals surface area contributed by atoms with E-state index in [0.717, 1.165) is 9.37 Å². The fourth-order valence-corrected chi connectivity index (χ4v) is 2.77. The number of halogens is 1. The number of nitrogens with one attached hydrogen (secondary N) is 2. The number of benzene rings is 1. The Morgan fingerprint density at radius 2 is 2.22 bits per heavy atom. The highest BCUT2D eigenvalue weighted by Gasteiger charge is 2.10. The second kappa shape index (κ2) is 6.80. The summed E-state index contributed by atoms with van der Waals surface area (Å²) >= 11 is 4.74. The van der Waals surface area contributed by atoms with Gasteiger partial charge in [-0.25, -0.2) is 0 Å². The van der Waals surface area contributed by atoms with Gasteiger partial charge in [-0.1, -0.05) is 15.9 Å². The molecule has 4 N–H and O–H groups in total. The van der Waals surface area contributed by atoms with Gasteiger partial charge >= 0.3 is 0 Å². The molecule has 4 nitrogen and oxygen atoms in total. The maximum absolute atomic E-state index is 11.6. The van der Waals surface area contributed by atoms with Gasteiger partial charge in [0.25, 0.3) is 0 Å². The Balaban J connectivity index is 2.74. The van der Waals surface area contributed by atoms with Crippen LogP contribution >= 0.6 is 27.7 Å². The molecule has 1 amide bonds. The molecule has 1 rings (SSSR count). The summed E-state index contributed by atoms with van der Waals surface area (Å²) in [5.74, 6) is 0.299. The van der Waals surface area contributed by atoms with Crippen molar-refractivity contribution in [2.24, 2.45) is 5.73 Å². The number of hydrogen-bond acceptors (Lipinski definition) is 3. The van der Waals surface area contributed by atoms with Crippen LogP contribution in [-0.4, -0.2) is 23.5 Å². The Hall–Kier alpha value is -1.01. The highest BCUT2D eigenvalue weighted by Crippen LogP contribution is 2.26. The van der Waals surface area contributed by atoms with Crippen LogP contribution < -0.4 is 11.1 Å². The first-order chi connectivity index (χ1) is 8.40. The van der Waals surface area contributed by atoms with Crippen LogP contribution in [0.25, 0.3) is 0 Å². The minimum Gasteiger partial charge on any atom is -0.384 e. The van der Waals surface area contributed by atoms with Crippen molar-refractivity contribution >= 4 is 39.4 Å². The minimum atomic E-state index is -0.0236. The van der Waals surface area contributed by atoms with Crippen molar-refractivity contribution in [2.75, 3.05) is 5.75 Å². The zero-order valence-corrected chi connectivity index (χ0v) is 12.7. The van der Waals surface area contributed by atoms with E-state index >= 15 is 0 Å². The number of carbonyl (C=O) groups is 1. The topological polar surface area (TPSA) is 79.0 Å². The average molecular weight is 330 g/mol. The molecular weight excluding hydrogens is 314 g/mol. The van der Waals surface area contributed by atoms with E-state index in [1.165, 1.54) is 11.8 Å². The third-order valence-electron chi connectivity index (χ3n) is 2.04. The van der Waals surface area contributed by atoms with Crippen LogP contribution in [0.2, 0.25) is 0 Å². The molecule has 1 aromatic carbocycles. The maximum Gasteiger partial charge on any atom is 0.230 e. The van der Waals surface area contributed by atoms with Gasteiger partial charge in [-0.2, -0.15) is 0 Å². The molecule has 0 aromatic heterocycles. The smallest absolute Gasteiger partial charge is 0.230 e. The molecule has 0 spiro atoms. The average Bonchev–Trinajstić information content (AvgIpc) is 2.25. The molecule has 0 heterocycles. The second-order valence-corrected chi connectivity index (χ2v) is 6.00. The van der Waals surface area contributed by atoms with E-state index in [1.54, 1.807) is 6.07 Å². The zero-order valence-electron chi connectivity index (χ0n) is 10.3. The fourth-order valence-electron chi connectivity index (χ4n) is 1.35. The second-order valence-electron chi connectivity index (χ2n) is 4.07. The highest BCUT2D eigenvalue weighted by molar-refractivity contribution is 9.10. The lowest BCUT2D eigenvalue weighted by Crippen LogP contribution is -2.31. The molecule has 0 aliphatic carbocycles. The number of amides is 1. The van der Waals surface area contributed by atoms with Gasteiger partial charge in [0, 0.05) is 21.0 Å². The lowest BCUT2D eigenvalue weighted by Gasteiger charge is -2.10. The summed E-state index contributed by atoms with van der Waals surface area (Å²) in [5, 5.41) is 10.3. The Kier molecular flexibility index (Phi) is 5.68. The molecule has 0 aliphatic heterocycles. The van der Waals surface area contributed by atoms with Crippen LogP contribution in [0.3, 0.4) is 0 Å². The Morgan fingerprint density at radius 3 is 2.78 bits per heavy atom. The molecule has 1 aromatic rings.